The van der Waals surface area contributed by atoms with Crippen LogP contribution >= 0.6 is 11.6 Å². The quantitative estimate of drug-likeness (QED) is 0.283. The van der Waals surface area contributed by atoms with E-state index in [0.717, 1.165) is 0 Å². The van der Waals surface area contributed by atoms with Crippen LogP contribution in [-0.4, -0.2) is 22.7 Å². The molecule has 0 unspecified atom stereocenters. The van der Waals surface area contributed by atoms with Crippen molar-refractivity contribution in [1.29, 1.82) is 0 Å². The van der Waals surface area contributed by atoms with Gasteiger partial charge in [-0.05, 0) is 60.7 Å². The highest BCUT2D eigenvalue weighted by Crippen LogP contribution is 2.25. The minimum absolute atomic E-state index is 0.0311. The molecule has 0 heterocycles. The maximum atomic E-state index is 12.9. The van der Waals surface area contributed by atoms with Gasteiger partial charge >= 0.3 is 0 Å². The van der Waals surface area contributed by atoms with E-state index in [1.54, 1.807) is 48.5 Å². The molecule has 0 atom stereocenters. The average Bonchev–Trinajstić information content (AvgIpc) is 2.86. The molecule has 4 aromatic carbocycles. The molecule has 1 amide bonds. The van der Waals surface area contributed by atoms with Crippen molar-refractivity contribution in [1.82, 2.24) is 0 Å². The Morgan fingerprint density at radius 2 is 1.08 bits per heavy atom. The zero-order valence-corrected chi connectivity index (χ0v) is 20.9. The smallest absolute Gasteiger partial charge is 0.261 e. The van der Waals surface area contributed by atoms with E-state index in [0.29, 0.717) is 5.69 Å². The van der Waals surface area contributed by atoms with Crippen LogP contribution in [0, 0.1) is 0 Å². The van der Waals surface area contributed by atoms with Crippen LogP contribution in [0.2, 0.25) is 5.02 Å². The molecule has 0 radical (unpaired) electrons. The van der Waals surface area contributed by atoms with Gasteiger partial charge in [0, 0.05) is 5.69 Å². The first-order valence-electron chi connectivity index (χ1n) is 10.5. The first-order chi connectivity index (χ1) is 17.2. The second-order valence-electron chi connectivity index (χ2n) is 7.53. The van der Waals surface area contributed by atoms with E-state index in [1.807, 2.05) is 0 Å². The predicted molar refractivity (Wildman–Crippen MR) is 140 cm³/mol. The fourth-order valence-electron chi connectivity index (χ4n) is 3.24. The molecule has 0 bridgehead atoms. The number of anilines is 3. The van der Waals surface area contributed by atoms with Gasteiger partial charge in [-0.1, -0.05) is 54.1 Å². The standard InChI is InChI=1S/C25H20ClN3O5S2/c26-22-11-5-7-13-24(22)29-36(33,34)20-16-14-18(15-17-20)27-25(30)21-10-4-6-12-23(21)28-35(31,32)19-8-2-1-3-9-19/h1-17,28-29H,(H,27,30). The van der Waals surface area contributed by atoms with E-state index in [-0.39, 0.29) is 31.8 Å². The monoisotopic (exact) mass is 541 g/mol. The van der Waals surface area contributed by atoms with Crippen molar-refractivity contribution < 1.29 is 21.6 Å². The Morgan fingerprint density at radius 1 is 0.583 bits per heavy atom. The molecule has 11 heteroatoms. The molecule has 0 spiro atoms. The van der Waals surface area contributed by atoms with Crippen LogP contribution in [0.1, 0.15) is 10.4 Å². The summed E-state index contributed by atoms with van der Waals surface area (Å²) in [4.78, 5) is 13.0. The third-order valence-electron chi connectivity index (χ3n) is 5.01. The summed E-state index contributed by atoms with van der Waals surface area (Å²) in [6.07, 6.45) is 0. The molecule has 0 aliphatic carbocycles. The molecule has 0 saturated heterocycles. The van der Waals surface area contributed by atoms with Crippen LogP contribution < -0.4 is 14.8 Å². The van der Waals surface area contributed by atoms with Gasteiger partial charge in [0.15, 0.2) is 0 Å². The average molecular weight is 542 g/mol. The normalized spacial score (nSPS) is 11.5. The number of amides is 1. The van der Waals surface area contributed by atoms with E-state index in [2.05, 4.69) is 14.8 Å². The van der Waals surface area contributed by atoms with Crippen LogP contribution in [0.3, 0.4) is 0 Å². The molecule has 36 heavy (non-hydrogen) atoms. The fraction of sp³-hybridized carbons (Fsp3) is 0. The van der Waals surface area contributed by atoms with Gasteiger partial charge in [0.25, 0.3) is 26.0 Å². The lowest BCUT2D eigenvalue weighted by Crippen LogP contribution is -2.18. The molecule has 184 valence electrons. The predicted octanol–water partition coefficient (Wildman–Crippen LogP) is 5.19. The van der Waals surface area contributed by atoms with Crippen molar-refractivity contribution in [3.8, 4) is 0 Å². The van der Waals surface area contributed by atoms with Gasteiger partial charge in [-0.3, -0.25) is 14.2 Å². The number of rotatable bonds is 8. The minimum Gasteiger partial charge on any atom is -0.322 e. The molecular formula is C25H20ClN3O5S2. The van der Waals surface area contributed by atoms with E-state index in [4.69, 9.17) is 11.6 Å². The second kappa shape index (κ2) is 10.4. The first kappa shape index (κ1) is 25.2. The lowest BCUT2D eigenvalue weighted by molar-refractivity contribution is 0.102. The maximum Gasteiger partial charge on any atom is 0.261 e. The summed E-state index contributed by atoms with van der Waals surface area (Å²) >= 11 is 6.03. The van der Waals surface area contributed by atoms with Gasteiger partial charge in [-0.15, -0.1) is 0 Å². The van der Waals surface area contributed by atoms with Gasteiger partial charge in [-0.2, -0.15) is 0 Å². The topological polar surface area (TPSA) is 121 Å². The number of carbonyl (C=O) groups is 1. The lowest BCUT2D eigenvalue weighted by Gasteiger charge is -2.13. The van der Waals surface area contributed by atoms with Crippen LogP contribution in [0.25, 0.3) is 0 Å². The summed E-state index contributed by atoms with van der Waals surface area (Å²) in [6.45, 7) is 0. The summed E-state index contributed by atoms with van der Waals surface area (Å²) in [5.41, 5.74) is 0.750. The summed E-state index contributed by atoms with van der Waals surface area (Å²) in [5, 5.41) is 2.91. The molecule has 0 aliphatic rings. The van der Waals surface area contributed by atoms with Gasteiger partial charge in [0.2, 0.25) is 0 Å². The molecule has 4 aromatic rings. The number of halogens is 1. The van der Waals surface area contributed by atoms with Crippen molar-refractivity contribution >= 4 is 54.6 Å². The summed E-state index contributed by atoms with van der Waals surface area (Å²) in [5.74, 6) is -0.578. The van der Waals surface area contributed by atoms with Crippen LogP contribution in [0.5, 0.6) is 0 Å². The van der Waals surface area contributed by atoms with E-state index >= 15 is 0 Å². The second-order valence-corrected chi connectivity index (χ2v) is 11.3. The zero-order valence-electron chi connectivity index (χ0n) is 18.6. The van der Waals surface area contributed by atoms with E-state index in [9.17, 15) is 21.6 Å². The lowest BCUT2D eigenvalue weighted by atomic mass is 10.1. The minimum atomic E-state index is -3.91. The van der Waals surface area contributed by atoms with Crippen LogP contribution in [0.4, 0.5) is 17.1 Å². The van der Waals surface area contributed by atoms with Crippen molar-refractivity contribution in [3.63, 3.8) is 0 Å². The highest BCUT2D eigenvalue weighted by molar-refractivity contribution is 7.93. The fourth-order valence-corrected chi connectivity index (χ4v) is 5.66. The van der Waals surface area contributed by atoms with Gasteiger partial charge < -0.3 is 5.32 Å². The number of hydrogen-bond acceptors (Lipinski definition) is 5. The Balaban J connectivity index is 1.50. The number of nitrogens with one attached hydrogen (secondary N) is 3. The number of sulfonamides is 2. The number of para-hydroxylation sites is 2. The van der Waals surface area contributed by atoms with Crippen molar-refractivity contribution in [2.45, 2.75) is 9.79 Å². The largest absolute Gasteiger partial charge is 0.322 e. The van der Waals surface area contributed by atoms with Crippen LogP contribution in [-0.2, 0) is 20.0 Å². The summed E-state index contributed by atoms with van der Waals surface area (Å²) in [7, 11) is -7.82. The van der Waals surface area contributed by atoms with Crippen LogP contribution in [0.15, 0.2) is 113 Å². The molecule has 0 saturated carbocycles. The van der Waals surface area contributed by atoms with Crippen molar-refractivity contribution in [3.05, 3.63) is 114 Å². The Kier molecular flexibility index (Phi) is 7.30. The highest BCUT2D eigenvalue weighted by atomic mass is 35.5. The number of benzene rings is 4. The Morgan fingerprint density at radius 3 is 1.72 bits per heavy atom. The molecule has 3 N–H and O–H groups in total. The summed E-state index contributed by atoms with van der Waals surface area (Å²) in [6, 6.07) is 25.9. The van der Waals surface area contributed by atoms with Crippen molar-refractivity contribution in [2.24, 2.45) is 0 Å². The van der Waals surface area contributed by atoms with Crippen molar-refractivity contribution in [2.75, 3.05) is 14.8 Å². The van der Waals surface area contributed by atoms with Gasteiger partial charge in [0.05, 0.1) is 31.8 Å². The van der Waals surface area contributed by atoms with E-state index < -0.39 is 26.0 Å². The molecule has 0 aromatic heterocycles. The third-order valence-corrected chi connectivity index (χ3v) is 8.10. The number of carbonyl (C=O) groups excluding carboxylic acids is 1. The Hall–Kier alpha value is -3.86. The Labute approximate surface area is 214 Å². The van der Waals surface area contributed by atoms with Gasteiger partial charge in [-0.25, -0.2) is 16.8 Å². The summed E-state index contributed by atoms with van der Waals surface area (Å²) < 4.78 is 55.6. The number of hydrogen-bond donors (Lipinski definition) is 3. The molecule has 0 aliphatic heterocycles. The molecular weight excluding hydrogens is 522 g/mol. The van der Waals surface area contributed by atoms with E-state index in [1.165, 1.54) is 54.6 Å². The highest BCUT2D eigenvalue weighted by Gasteiger charge is 2.19. The zero-order chi connectivity index (χ0) is 25.8. The molecule has 8 nitrogen and oxygen atoms in total. The van der Waals surface area contributed by atoms with Gasteiger partial charge in [0.1, 0.15) is 0 Å². The molecule has 4 rings (SSSR count). The first-order valence-corrected chi connectivity index (χ1v) is 13.9. The SMILES string of the molecule is O=C(Nc1ccc(S(=O)(=O)Nc2ccccc2Cl)cc1)c1ccccc1NS(=O)(=O)c1ccccc1. The molecule has 0 fully saturated rings. The third kappa shape index (κ3) is 5.85. The Bertz CT molecular complexity index is 1610. The maximum absolute atomic E-state index is 12.9.